The summed E-state index contributed by atoms with van der Waals surface area (Å²) >= 11 is 0. The highest BCUT2D eigenvalue weighted by atomic mass is 32.2. The molecule has 7 nitrogen and oxygen atoms in total. The second-order valence-corrected chi connectivity index (χ2v) is 8.55. The van der Waals surface area contributed by atoms with Gasteiger partial charge in [-0.15, -0.1) is 0 Å². The second kappa shape index (κ2) is 9.18. The van der Waals surface area contributed by atoms with E-state index in [1.54, 1.807) is 18.2 Å². The van der Waals surface area contributed by atoms with E-state index in [4.69, 9.17) is 4.74 Å². The monoisotopic (exact) mass is 403 g/mol. The highest BCUT2D eigenvalue weighted by molar-refractivity contribution is 7.89. The van der Waals surface area contributed by atoms with E-state index in [0.29, 0.717) is 38.5 Å². The van der Waals surface area contributed by atoms with Crippen molar-refractivity contribution in [2.45, 2.75) is 18.4 Å². The highest BCUT2D eigenvalue weighted by Gasteiger charge is 2.26. The molecule has 0 saturated carbocycles. The number of ether oxygens (including phenoxy) is 1. The van der Waals surface area contributed by atoms with Crippen LogP contribution in [0, 0.1) is 6.92 Å². The summed E-state index contributed by atoms with van der Waals surface area (Å²) < 4.78 is 32.3. The van der Waals surface area contributed by atoms with Gasteiger partial charge >= 0.3 is 0 Å². The molecule has 1 saturated heterocycles. The largest absolute Gasteiger partial charge is 0.379 e. The highest BCUT2D eigenvalue weighted by Crippen LogP contribution is 2.23. The van der Waals surface area contributed by atoms with Crippen molar-refractivity contribution in [3.05, 3.63) is 59.7 Å². The lowest BCUT2D eigenvalue weighted by molar-refractivity contribution is -0.119. The Balaban J connectivity index is 1.62. The second-order valence-electron chi connectivity index (χ2n) is 6.61. The molecule has 150 valence electrons. The van der Waals surface area contributed by atoms with Crippen LogP contribution in [0.5, 0.6) is 0 Å². The predicted molar refractivity (Wildman–Crippen MR) is 108 cm³/mol. The summed E-state index contributed by atoms with van der Waals surface area (Å²) in [6.07, 6.45) is 0. The number of carbonyl (C=O) groups excluding carboxylic acids is 1. The standard InChI is InChI=1S/C20H25N3O4S/c1-16-7-8-18(28(25,26)23-9-11-27-12-10-23)13-19(16)21-15-20(24)22-14-17-5-3-2-4-6-17/h2-8,13,21H,9-12,14-15H2,1H3,(H,22,24). The summed E-state index contributed by atoms with van der Waals surface area (Å²) in [5.41, 5.74) is 2.52. The first kappa shape index (κ1) is 20.3. The molecule has 1 amide bonds. The molecule has 1 aliphatic rings. The molecule has 0 unspecified atom stereocenters. The van der Waals surface area contributed by atoms with E-state index in [-0.39, 0.29) is 17.3 Å². The van der Waals surface area contributed by atoms with Crippen LogP contribution in [0.2, 0.25) is 0 Å². The molecule has 0 atom stereocenters. The molecule has 0 aromatic heterocycles. The number of nitrogens with one attached hydrogen (secondary N) is 2. The van der Waals surface area contributed by atoms with E-state index in [1.165, 1.54) is 4.31 Å². The number of benzene rings is 2. The van der Waals surface area contributed by atoms with Gasteiger partial charge in [-0.2, -0.15) is 4.31 Å². The molecule has 2 aromatic carbocycles. The van der Waals surface area contributed by atoms with Gasteiger partial charge in [-0.3, -0.25) is 4.79 Å². The molecule has 0 radical (unpaired) electrons. The minimum absolute atomic E-state index is 0.0642. The van der Waals surface area contributed by atoms with Crippen molar-refractivity contribution >= 4 is 21.6 Å². The van der Waals surface area contributed by atoms with Crippen LogP contribution in [0.3, 0.4) is 0 Å². The molecule has 2 N–H and O–H groups in total. The minimum atomic E-state index is -3.57. The third-order valence-corrected chi connectivity index (χ3v) is 6.48. The van der Waals surface area contributed by atoms with Gasteiger partial charge in [0.1, 0.15) is 0 Å². The molecule has 0 aliphatic carbocycles. The fraction of sp³-hybridized carbons (Fsp3) is 0.350. The number of hydrogen-bond acceptors (Lipinski definition) is 5. The van der Waals surface area contributed by atoms with Gasteiger partial charge in [0.05, 0.1) is 24.7 Å². The normalized spacial score (nSPS) is 15.2. The molecular formula is C20H25N3O4S. The summed E-state index contributed by atoms with van der Waals surface area (Å²) in [6, 6.07) is 14.6. The molecule has 3 rings (SSSR count). The molecule has 28 heavy (non-hydrogen) atoms. The summed E-state index contributed by atoms with van der Waals surface area (Å²) in [7, 11) is -3.57. The maximum atomic E-state index is 12.8. The summed E-state index contributed by atoms with van der Waals surface area (Å²) in [5, 5.41) is 5.89. The van der Waals surface area contributed by atoms with Crippen LogP contribution in [0.15, 0.2) is 53.4 Å². The molecular weight excluding hydrogens is 378 g/mol. The molecule has 0 spiro atoms. The van der Waals surface area contributed by atoms with Crippen LogP contribution in [0.1, 0.15) is 11.1 Å². The quantitative estimate of drug-likeness (QED) is 0.735. The summed E-state index contributed by atoms with van der Waals surface area (Å²) in [4.78, 5) is 12.3. The van der Waals surface area contributed by atoms with Crippen LogP contribution < -0.4 is 10.6 Å². The third-order valence-electron chi connectivity index (χ3n) is 4.59. The maximum Gasteiger partial charge on any atom is 0.243 e. The van der Waals surface area contributed by atoms with E-state index >= 15 is 0 Å². The van der Waals surface area contributed by atoms with Crippen molar-refractivity contribution in [2.24, 2.45) is 0 Å². The lowest BCUT2D eigenvalue weighted by Crippen LogP contribution is -2.40. The fourth-order valence-electron chi connectivity index (χ4n) is 2.92. The smallest absolute Gasteiger partial charge is 0.243 e. The van der Waals surface area contributed by atoms with Gasteiger partial charge in [0, 0.05) is 25.3 Å². The Bertz CT molecular complexity index is 910. The van der Waals surface area contributed by atoms with E-state index in [2.05, 4.69) is 10.6 Å². The molecule has 1 aliphatic heterocycles. The molecule has 0 bridgehead atoms. The third kappa shape index (κ3) is 5.09. The lowest BCUT2D eigenvalue weighted by Gasteiger charge is -2.26. The Morgan fingerprint density at radius 1 is 1.11 bits per heavy atom. The van der Waals surface area contributed by atoms with E-state index in [9.17, 15) is 13.2 Å². The number of aryl methyl sites for hydroxylation is 1. The van der Waals surface area contributed by atoms with E-state index < -0.39 is 10.0 Å². The Hall–Kier alpha value is -2.42. The van der Waals surface area contributed by atoms with Gasteiger partial charge in [-0.05, 0) is 30.2 Å². The predicted octanol–water partition coefficient (Wildman–Crippen LogP) is 1.74. The van der Waals surface area contributed by atoms with Crippen molar-refractivity contribution in [3.63, 3.8) is 0 Å². The van der Waals surface area contributed by atoms with Crippen LogP contribution >= 0.6 is 0 Å². The SMILES string of the molecule is Cc1ccc(S(=O)(=O)N2CCOCC2)cc1NCC(=O)NCc1ccccc1. The first-order valence-corrected chi connectivity index (χ1v) is 10.6. The van der Waals surface area contributed by atoms with Crippen LogP contribution in [-0.4, -0.2) is 51.5 Å². The number of sulfonamides is 1. The van der Waals surface area contributed by atoms with E-state index in [1.807, 2.05) is 37.3 Å². The van der Waals surface area contributed by atoms with Crippen LogP contribution in [0.4, 0.5) is 5.69 Å². The number of rotatable bonds is 7. The van der Waals surface area contributed by atoms with Crippen molar-refractivity contribution in [3.8, 4) is 0 Å². The molecule has 1 fully saturated rings. The molecule has 2 aromatic rings. The topological polar surface area (TPSA) is 87.7 Å². The zero-order valence-electron chi connectivity index (χ0n) is 15.8. The van der Waals surface area contributed by atoms with Gasteiger partial charge in [0.15, 0.2) is 0 Å². The van der Waals surface area contributed by atoms with Crippen LogP contribution in [0.25, 0.3) is 0 Å². The summed E-state index contributed by atoms with van der Waals surface area (Å²) in [6.45, 7) is 3.88. The first-order chi connectivity index (χ1) is 13.5. The van der Waals surface area contributed by atoms with Crippen molar-refractivity contribution < 1.29 is 17.9 Å². The first-order valence-electron chi connectivity index (χ1n) is 9.20. The van der Waals surface area contributed by atoms with Gasteiger partial charge < -0.3 is 15.4 Å². The number of hydrogen-bond donors (Lipinski definition) is 2. The van der Waals surface area contributed by atoms with Gasteiger partial charge in [-0.25, -0.2) is 8.42 Å². The van der Waals surface area contributed by atoms with E-state index in [0.717, 1.165) is 11.1 Å². The van der Waals surface area contributed by atoms with Crippen molar-refractivity contribution in [1.29, 1.82) is 0 Å². The Kier molecular flexibility index (Phi) is 6.66. The van der Waals surface area contributed by atoms with Crippen molar-refractivity contribution in [2.75, 3.05) is 38.2 Å². The van der Waals surface area contributed by atoms with Crippen molar-refractivity contribution in [1.82, 2.24) is 9.62 Å². The van der Waals surface area contributed by atoms with Gasteiger partial charge in [-0.1, -0.05) is 36.4 Å². The number of morpholine rings is 1. The van der Waals surface area contributed by atoms with Crippen LogP contribution in [-0.2, 0) is 26.1 Å². The Labute approximate surface area is 165 Å². The number of anilines is 1. The number of amides is 1. The molecule has 1 heterocycles. The van der Waals surface area contributed by atoms with Gasteiger partial charge in [0.25, 0.3) is 0 Å². The zero-order chi connectivity index (χ0) is 20.0. The minimum Gasteiger partial charge on any atom is -0.379 e. The molecule has 8 heteroatoms. The maximum absolute atomic E-state index is 12.8. The Morgan fingerprint density at radius 2 is 1.82 bits per heavy atom. The fourth-order valence-corrected chi connectivity index (χ4v) is 4.36. The number of nitrogens with zero attached hydrogens (tertiary/aromatic N) is 1. The lowest BCUT2D eigenvalue weighted by atomic mass is 10.2. The average molecular weight is 404 g/mol. The average Bonchev–Trinajstić information content (AvgIpc) is 2.73. The zero-order valence-corrected chi connectivity index (χ0v) is 16.7. The van der Waals surface area contributed by atoms with Gasteiger partial charge in [0.2, 0.25) is 15.9 Å². The Morgan fingerprint density at radius 3 is 2.54 bits per heavy atom. The summed E-state index contributed by atoms with van der Waals surface area (Å²) in [5.74, 6) is -0.162. The number of carbonyl (C=O) groups is 1.